The predicted molar refractivity (Wildman–Crippen MR) is 71.6 cm³/mol. The monoisotopic (exact) mass is 264 g/mol. The summed E-state index contributed by atoms with van der Waals surface area (Å²) in [6.45, 7) is 4.20. The molecule has 0 bridgehead atoms. The van der Waals surface area contributed by atoms with Crippen LogP contribution in [0.4, 0.5) is 0 Å². The average Bonchev–Trinajstić information content (AvgIpc) is 2.85. The predicted octanol–water partition coefficient (Wildman–Crippen LogP) is 0.919. The first-order valence-electron chi connectivity index (χ1n) is 5.88. The first-order valence-corrected chi connectivity index (χ1v) is 6.76. The number of rotatable bonds is 1. The number of amides is 1. The van der Waals surface area contributed by atoms with Crippen molar-refractivity contribution in [1.82, 2.24) is 4.90 Å². The minimum atomic E-state index is 0.0582. The van der Waals surface area contributed by atoms with E-state index in [0.717, 1.165) is 4.88 Å². The van der Waals surface area contributed by atoms with Gasteiger partial charge in [-0.2, -0.15) is 0 Å². The maximum absolute atomic E-state index is 12.3. The number of morpholine rings is 1. The van der Waals surface area contributed by atoms with Crippen LogP contribution in [0.5, 0.6) is 0 Å². The SMILES string of the molecule is CC1COCCN1C(=O)c1csc(C#CCN)c1. The molecule has 1 amide bonds. The van der Waals surface area contributed by atoms with Gasteiger partial charge in [0.1, 0.15) is 0 Å². The fourth-order valence-electron chi connectivity index (χ4n) is 1.85. The van der Waals surface area contributed by atoms with Crippen molar-refractivity contribution in [3.8, 4) is 11.8 Å². The molecule has 2 rings (SSSR count). The zero-order chi connectivity index (χ0) is 13.0. The highest BCUT2D eigenvalue weighted by Gasteiger charge is 2.25. The Hall–Kier alpha value is -1.35. The molecule has 0 aliphatic carbocycles. The molecule has 4 nitrogen and oxygen atoms in total. The van der Waals surface area contributed by atoms with Crippen LogP contribution in [-0.4, -0.2) is 43.2 Å². The first-order chi connectivity index (χ1) is 8.72. The van der Waals surface area contributed by atoms with Crippen molar-refractivity contribution >= 4 is 17.2 Å². The lowest BCUT2D eigenvalue weighted by molar-refractivity contribution is 0.00362. The van der Waals surface area contributed by atoms with Crippen LogP contribution < -0.4 is 5.73 Å². The van der Waals surface area contributed by atoms with Crippen LogP contribution in [0.2, 0.25) is 0 Å². The quantitative estimate of drug-likeness (QED) is 0.767. The van der Waals surface area contributed by atoms with E-state index in [1.54, 1.807) is 0 Å². The lowest BCUT2D eigenvalue weighted by Gasteiger charge is -2.33. The third-order valence-electron chi connectivity index (χ3n) is 2.79. The highest BCUT2D eigenvalue weighted by Crippen LogP contribution is 2.18. The van der Waals surface area contributed by atoms with E-state index < -0.39 is 0 Å². The fourth-order valence-corrected chi connectivity index (χ4v) is 2.60. The Bertz CT molecular complexity index is 487. The molecular weight excluding hydrogens is 248 g/mol. The summed E-state index contributed by atoms with van der Waals surface area (Å²) in [4.78, 5) is 15.0. The normalized spacial score (nSPS) is 19.2. The van der Waals surface area contributed by atoms with E-state index in [-0.39, 0.29) is 11.9 Å². The van der Waals surface area contributed by atoms with Crippen LogP contribution in [0.15, 0.2) is 11.4 Å². The molecule has 1 aliphatic heterocycles. The summed E-state index contributed by atoms with van der Waals surface area (Å²) >= 11 is 1.48. The summed E-state index contributed by atoms with van der Waals surface area (Å²) in [6, 6.07) is 1.96. The molecule has 1 saturated heterocycles. The van der Waals surface area contributed by atoms with Gasteiger partial charge in [0.25, 0.3) is 5.91 Å². The van der Waals surface area contributed by atoms with Gasteiger partial charge in [-0.05, 0) is 13.0 Å². The number of nitrogens with zero attached hydrogens (tertiary/aromatic N) is 1. The minimum absolute atomic E-state index is 0.0582. The van der Waals surface area contributed by atoms with E-state index in [2.05, 4.69) is 11.8 Å². The number of nitrogens with two attached hydrogens (primary N) is 1. The molecule has 1 aromatic rings. The number of hydrogen-bond donors (Lipinski definition) is 1. The second-order valence-corrected chi connectivity index (χ2v) is 5.04. The standard InChI is InChI=1S/C13H16N2O2S/c1-10-8-17-6-5-15(10)13(16)11-7-12(18-9-11)3-2-4-14/h7,9-10H,4-6,8,14H2,1H3. The molecule has 0 aromatic carbocycles. The molecule has 1 atom stereocenters. The second kappa shape index (κ2) is 6.01. The number of hydrogen-bond acceptors (Lipinski definition) is 4. The van der Waals surface area contributed by atoms with Crippen LogP contribution in [0.25, 0.3) is 0 Å². The van der Waals surface area contributed by atoms with Gasteiger partial charge in [0.15, 0.2) is 0 Å². The molecule has 1 aliphatic rings. The molecule has 5 heteroatoms. The Kier molecular flexibility index (Phi) is 4.37. The van der Waals surface area contributed by atoms with Gasteiger partial charge >= 0.3 is 0 Å². The minimum Gasteiger partial charge on any atom is -0.377 e. The summed E-state index contributed by atoms with van der Waals surface area (Å²) < 4.78 is 5.33. The fraction of sp³-hybridized carbons (Fsp3) is 0.462. The molecule has 0 radical (unpaired) electrons. The van der Waals surface area contributed by atoms with Crippen LogP contribution in [0.3, 0.4) is 0 Å². The molecule has 2 heterocycles. The Balaban J connectivity index is 2.10. The molecule has 0 spiro atoms. The van der Waals surface area contributed by atoms with Crippen molar-refractivity contribution in [3.05, 3.63) is 21.9 Å². The van der Waals surface area contributed by atoms with E-state index in [4.69, 9.17) is 10.5 Å². The Morgan fingerprint density at radius 1 is 1.72 bits per heavy atom. The largest absolute Gasteiger partial charge is 0.377 e. The van der Waals surface area contributed by atoms with Gasteiger partial charge in [0.2, 0.25) is 0 Å². The van der Waals surface area contributed by atoms with Crippen LogP contribution >= 0.6 is 11.3 Å². The Morgan fingerprint density at radius 2 is 2.56 bits per heavy atom. The Labute approximate surface area is 111 Å². The molecule has 18 heavy (non-hydrogen) atoms. The lowest BCUT2D eigenvalue weighted by atomic mass is 10.2. The van der Waals surface area contributed by atoms with Gasteiger partial charge in [-0.25, -0.2) is 0 Å². The molecule has 2 N–H and O–H groups in total. The smallest absolute Gasteiger partial charge is 0.255 e. The van der Waals surface area contributed by atoms with E-state index >= 15 is 0 Å². The highest BCUT2D eigenvalue weighted by atomic mass is 32.1. The number of carbonyl (C=O) groups excluding carboxylic acids is 1. The van der Waals surface area contributed by atoms with Gasteiger partial charge in [-0.3, -0.25) is 4.79 Å². The molecule has 96 valence electrons. The molecule has 1 unspecified atom stereocenters. The lowest BCUT2D eigenvalue weighted by Crippen LogP contribution is -2.46. The van der Waals surface area contributed by atoms with Crippen molar-refractivity contribution in [2.45, 2.75) is 13.0 Å². The van der Waals surface area contributed by atoms with Gasteiger partial charge in [-0.15, -0.1) is 11.3 Å². The molecular formula is C13H16N2O2S. The third-order valence-corrected chi connectivity index (χ3v) is 3.63. The molecule has 1 aromatic heterocycles. The van der Waals surface area contributed by atoms with Crippen molar-refractivity contribution in [1.29, 1.82) is 0 Å². The summed E-state index contributed by atoms with van der Waals surface area (Å²) in [6.07, 6.45) is 0. The highest BCUT2D eigenvalue weighted by molar-refractivity contribution is 7.10. The zero-order valence-electron chi connectivity index (χ0n) is 10.3. The maximum atomic E-state index is 12.3. The Morgan fingerprint density at radius 3 is 3.28 bits per heavy atom. The van der Waals surface area contributed by atoms with Crippen molar-refractivity contribution in [2.24, 2.45) is 5.73 Å². The van der Waals surface area contributed by atoms with Gasteiger partial charge in [-0.1, -0.05) is 11.8 Å². The number of ether oxygens (including phenoxy) is 1. The third kappa shape index (κ3) is 2.91. The van der Waals surface area contributed by atoms with Crippen molar-refractivity contribution in [3.63, 3.8) is 0 Å². The van der Waals surface area contributed by atoms with Crippen LogP contribution in [0, 0.1) is 11.8 Å². The van der Waals surface area contributed by atoms with Gasteiger partial charge in [0, 0.05) is 11.9 Å². The summed E-state index contributed by atoms with van der Waals surface area (Å²) in [5.74, 6) is 5.79. The maximum Gasteiger partial charge on any atom is 0.255 e. The van der Waals surface area contributed by atoms with Crippen LogP contribution in [0.1, 0.15) is 22.2 Å². The van der Waals surface area contributed by atoms with Crippen molar-refractivity contribution in [2.75, 3.05) is 26.3 Å². The number of thiophene rings is 1. The second-order valence-electron chi connectivity index (χ2n) is 4.13. The van der Waals surface area contributed by atoms with E-state index in [1.807, 2.05) is 23.3 Å². The molecule has 0 saturated carbocycles. The number of carbonyl (C=O) groups is 1. The topological polar surface area (TPSA) is 55.6 Å². The van der Waals surface area contributed by atoms with E-state index in [1.165, 1.54) is 11.3 Å². The van der Waals surface area contributed by atoms with Crippen LogP contribution in [-0.2, 0) is 4.74 Å². The zero-order valence-corrected chi connectivity index (χ0v) is 11.1. The van der Waals surface area contributed by atoms with Gasteiger partial charge in [0.05, 0.1) is 36.2 Å². The first kappa shape index (κ1) is 13.1. The van der Waals surface area contributed by atoms with E-state index in [9.17, 15) is 4.79 Å². The summed E-state index contributed by atoms with van der Waals surface area (Å²) in [7, 11) is 0. The van der Waals surface area contributed by atoms with E-state index in [0.29, 0.717) is 31.9 Å². The summed E-state index contributed by atoms with van der Waals surface area (Å²) in [5.41, 5.74) is 6.02. The average molecular weight is 264 g/mol. The van der Waals surface area contributed by atoms with Crippen molar-refractivity contribution < 1.29 is 9.53 Å². The summed E-state index contributed by atoms with van der Waals surface area (Å²) in [5, 5.41) is 1.85. The van der Waals surface area contributed by atoms with Gasteiger partial charge < -0.3 is 15.4 Å². The molecule has 1 fully saturated rings.